The van der Waals surface area contributed by atoms with Crippen LogP contribution < -0.4 is 42.5 Å². The van der Waals surface area contributed by atoms with E-state index in [2.05, 4.69) is 122 Å². The number of aromatic nitrogens is 2. The number of allylic oxidation sites excluding steroid dienone is 6. The number of ether oxygens (including phenoxy) is 4. The first-order chi connectivity index (χ1) is 66.6. The van der Waals surface area contributed by atoms with Crippen LogP contribution in [0.1, 0.15) is 200 Å². The van der Waals surface area contributed by atoms with Crippen LogP contribution in [0.4, 0.5) is 0 Å². The van der Waals surface area contributed by atoms with Crippen LogP contribution in [0.2, 0.25) is 0 Å². The second-order valence-corrected chi connectivity index (χ2v) is 42.7. The van der Waals surface area contributed by atoms with E-state index in [0.29, 0.717) is 151 Å². The van der Waals surface area contributed by atoms with Crippen molar-refractivity contribution < 1.29 is 86.1 Å². The Bertz CT molecular complexity index is 5230. The van der Waals surface area contributed by atoms with E-state index in [0.717, 1.165) is 51.4 Å². The Morgan fingerprint density at radius 3 is 1.55 bits per heavy atom. The number of carbonyl (C=O) groups is 14. The number of rotatable bonds is 24. The number of unbranched alkanes of at least 4 members (excludes halogenated alkanes) is 4. The van der Waals surface area contributed by atoms with Crippen molar-refractivity contribution in [1.82, 2.24) is 57.4 Å². The molecular formula is C95H127N17O18S9. The number of thiazole rings is 2. The first-order valence-electron chi connectivity index (χ1n) is 47.0. The number of hydrogen-bond donors (Lipinski definition) is 11. The van der Waals surface area contributed by atoms with Gasteiger partial charge in [0.1, 0.15) is 102 Å². The molecule has 1 saturated heterocycles. The zero-order valence-electron chi connectivity index (χ0n) is 79.7. The number of carbonyl (C=O) groups excluding carboxylic acids is 14. The van der Waals surface area contributed by atoms with Crippen molar-refractivity contribution in [3.8, 4) is 10.7 Å². The molecule has 0 radical (unpaired) electrons. The Hall–Kier alpha value is -9.31. The van der Waals surface area contributed by atoms with Crippen molar-refractivity contribution in [3.05, 3.63) is 105 Å². The van der Waals surface area contributed by atoms with Gasteiger partial charge in [0.15, 0.2) is 5.12 Å². The molecule has 0 unspecified atom stereocenters. The van der Waals surface area contributed by atoms with E-state index in [1.807, 2.05) is 90.3 Å². The number of esters is 4. The number of nitrogens with zero attached hydrogens (tertiary/aromatic N) is 9. The van der Waals surface area contributed by atoms with Crippen LogP contribution in [-0.2, 0) is 87.8 Å². The lowest BCUT2D eigenvalue weighted by atomic mass is 10.0. The molecule has 11 atom stereocenters. The molecule has 35 nitrogen and oxygen atoms in total. The van der Waals surface area contributed by atoms with E-state index in [9.17, 15) is 67.1 Å². The van der Waals surface area contributed by atoms with Crippen molar-refractivity contribution in [3.63, 3.8) is 0 Å². The quantitative estimate of drug-likeness (QED) is 0.0153. The van der Waals surface area contributed by atoms with Gasteiger partial charge in [-0.15, -0.1) is 58.0 Å². The lowest BCUT2D eigenvalue weighted by Gasteiger charge is -2.30. The number of fused-ring (bicyclic) bond motifs is 15. The van der Waals surface area contributed by atoms with E-state index >= 15 is 0 Å². The van der Waals surface area contributed by atoms with E-state index in [1.165, 1.54) is 89.0 Å². The predicted molar refractivity (Wildman–Crippen MR) is 558 cm³/mol. The summed E-state index contributed by atoms with van der Waals surface area (Å²) in [5.41, 5.74) is 3.50. The van der Waals surface area contributed by atoms with Gasteiger partial charge in [0.05, 0.1) is 74.7 Å². The van der Waals surface area contributed by atoms with E-state index in [1.54, 1.807) is 47.6 Å². The Labute approximate surface area is 852 Å². The molecule has 0 aromatic carbocycles. The van der Waals surface area contributed by atoms with E-state index in [-0.39, 0.29) is 120 Å². The molecule has 8 N–H and O–H groups in total. The Kier molecular flexibility index (Phi) is 44.9. The minimum absolute atomic E-state index is 0.00762. The molecule has 0 spiro atoms. The average Bonchev–Trinajstić information content (AvgIpc) is 1.62. The average molecular weight is 2080 g/mol. The van der Waals surface area contributed by atoms with Crippen molar-refractivity contribution in [1.29, 1.82) is 0 Å². The molecule has 2 aromatic heterocycles. The van der Waals surface area contributed by atoms with Crippen molar-refractivity contribution in [2.24, 2.45) is 47.7 Å². The third-order valence-electron chi connectivity index (χ3n) is 22.9. The van der Waals surface area contributed by atoms with Crippen molar-refractivity contribution >= 4 is 222 Å². The second kappa shape index (κ2) is 55.9. The number of cyclic esters (lactones) is 4. The SMILES string of the molecule is CC(C)[C@@H]1NC(=O)[C@@H]2CSC(=N2)C2=CCC(=N2)CNC(=O)C[C@@H](/C=C/CCS)OC1=O.CC(C)[C@@H]1NC(=O)[C@]2(C)CSC(=N2)C2=CCC(=N2)CNC(=O)C[C@@H](/C=C/CCNC(=O)CS)OC1=O.CC(C)[C@@H]1NC(=O)c2csc(n2)-c2csc(n2)CNC(=O)C[C@@H](/C=C/CCS)OC1=O.CCCCCCCC(=O)SCC/C=C/[C@@H]1CC(=O)NCC2=NC(=CC2)C2=N[C@@](C)(CS2)C(=O)N2CCC[C@H]2C(=O)O1. The van der Waals surface area contributed by atoms with Crippen LogP contribution in [0.15, 0.2) is 125 Å². The molecule has 13 rings (SSSR count). The molecule has 11 aliphatic rings. The third kappa shape index (κ3) is 34.8. The van der Waals surface area contributed by atoms with Gasteiger partial charge in [-0.1, -0.05) is 128 Å². The van der Waals surface area contributed by atoms with Crippen molar-refractivity contribution in [2.45, 2.75) is 257 Å². The van der Waals surface area contributed by atoms with Gasteiger partial charge in [-0.25, -0.2) is 29.1 Å². The maximum absolute atomic E-state index is 13.6. The maximum Gasteiger partial charge on any atom is 0.329 e. The molecule has 9 amide bonds. The summed E-state index contributed by atoms with van der Waals surface area (Å²) in [5, 5.41) is 29.6. The highest BCUT2D eigenvalue weighted by molar-refractivity contribution is 8.15. The zero-order chi connectivity index (χ0) is 100. The standard InChI is InChI=1S/C30H42N4O5S2.C24H33N5O5S2.C21H28N4O4S2.C20H24N4O4S3/c1-3-4-5-6-7-13-26(36)40-17-9-8-11-22-18-25(35)31-19-21-14-15-23(32-21)27-33-30(2,20-41-27)29(38)34-16-10-12-24(34)28(37)39-22;1-14(2)20-22(32)34-16(6-4-5-9-25-19(31)12-35)10-18(30)26-11-15-7-8-17(27-15)21-29-24(3,13-36-21)23(33)28-20;1-12(2)18-21(28)29-14(5-3-4-8-30)9-17(26)22-10-13-6-7-15(23-13)20-24-16(11-31-20)19(27)25-18;1-11(2)17-20(27)28-12(5-3-4-6-29)7-15(25)21-8-16-22-14(10-30-16)19-23-13(9-31-19)18(26)24-17/h8,11,15,22,24H,3-7,9-10,12-14,16-20H2,1-2H3,(H,31,35);4,6,8,14,16,20,35H,5,7,9-13H2,1-3H3,(H,25,31)(H,26,30)(H,28,33);3,5,7,12,14,16,18,30H,4,6,8-11H2,1-2H3,(H,22,26)(H,25,27);3,5,9-12,17,29H,4,6-8H2,1-2H3,(H,21,25)(H,24,26)/b11-8+;6-4+;2*5-3+/t22-,24+,30+;16-,20+,24+;14-,16+,18+;12-,17+/m1111/s1. The summed E-state index contributed by atoms with van der Waals surface area (Å²) in [7, 11) is 0. The van der Waals surface area contributed by atoms with Gasteiger partial charge in [-0.05, 0) is 112 Å². The molecule has 11 aliphatic heterocycles. The lowest BCUT2D eigenvalue weighted by Crippen LogP contribution is -2.53. The first-order valence-corrected chi connectivity index (χ1v) is 54.6. The number of aliphatic imine (C=N–C) groups is 6. The maximum atomic E-state index is 13.6. The largest absolute Gasteiger partial charge is 0.456 e. The van der Waals surface area contributed by atoms with E-state index in [4.69, 9.17) is 23.9 Å². The zero-order valence-corrected chi connectivity index (χ0v) is 87.3. The molecule has 44 heteroatoms. The van der Waals surface area contributed by atoms with Gasteiger partial charge in [-0.3, -0.25) is 77.9 Å². The van der Waals surface area contributed by atoms with E-state index < -0.39 is 95.5 Å². The number of thiol groups is 3. The summed E-state index contributed by atoms with van der Waals surface area (Å²) < 4.78 is 22.7. The highest BCUT2D eigenvalue weighted by Crippen LogP contribution is 2.38. The molecule has 0 saturated carbocycles. The van der Waals surface area contributed by atoms with Gasteiger partial charge in [0, 0.05) is 89.7 Å². The molecular weight excluding hydrogens is 1960 g/mol. The van der Waals surface area contributed by atoms with Gasteiger partial charge >= 0.3 is 23.9 Å². The summed E-state index contributed by atoms with van der Waals surface area (Å²) in [6.07, 6.45) is 28.4. The third-order valence-corrected chi connectivity index (χ3v) is 30.0. The first kappa shape index (κ1) is 112. The molecule has 13 heterocycles. The number of hydrogen-bond acceptors (Lipinski definition) is 35. The topological polar surface area (TPSA) is 475 Å². The fourth-order valence-corrected chi connectivity index (χ4v) is 21.1. The summed E-state index contributed by atoms with van der Waals surface area (Å²) in [6, 6.07) is -3.89. The summed E-state index contributed by atoms with van der Waals surface area (Å²) in [4.78, 5) is 217. The predicted octanol–water partition coefficient (Wildman–Crippen LogP) is 10.3. The minimum Gasteiger partial charge on any atom is -0.456 e. The second-order valence-electron chi connectivity index (χ2n) is 35.6. The number of amides is 9. The highest BCUT2D eigenvalue weighted by Gasteiger charge is 2.48. The van der Waals surface area contributed by atoms with Crippen LogP contribution in [-0.4, -0.2) is 268 Å². The lowest BCUT2D eigenvalue weighted by molar-refractivity contribution is -0.158. The molecule has 754 valence electrons. The van der Waals surface area contributed by atoms with Gasteiger partial charge < -0.3 is 66.4 Å². The molecule has 139 heavy (non-hydrogen) atoms. The summed E-state index contributed by atoms with van der Waals surface area (Å²) >= 11 is 20.7. The van der Waals surface area contributed by atoms with Gasteiger partial charge in [0.25, 0.3) is 11.8 Å². The fourth-order valence-electron chi connectivity index (χ4n) is 15.1. The summed E-state index contributed by atoms with van der Waals surface area (Å²) in [5.74, 6) is -2.05. The molecule has 2 aromatic rings. The smallest absolute Gasteiger partial charge is 0.329 e. The molecule has 0 aliphatic carbocycles. The van der Waals surface area contributed by atoms with Crippen LogP contribution >= 0.6 is 108 Å². The normalized spacial score (nSPS) is 25.7. The fraction of sp³-hybridized carbons (Fsp3) is 0.579. The minimum atomic E-state index is -1.03. The molecule has 16 bridgehead atoms. The van der Waals surface area contributed by atoms with Gasteiger partial charge in [0.2, 0.25) is 41.4 Å². The van der Waals surface area contributed by atoms with Crippen LogP contribution in [0.25, 0.3) is 10.7 Å². The Balaban J connectivity index is 0.000000192. The Morgan fingerprint density at radius 2 is 1.03 bits per heavy atom. The molecule has 1 fully saturated rings. The van der Waals surface area contributed by atoms with Crippen molar-refractivity contribution in [2.75, 3.05) is 73.0 Å². The van der Waals surface area contributed by atoms with Crippen LogP contribution in [0, 0.1) is 17.8 Å². The monoisotopic (exact) mass is 2080 g/mol. The number of thioether (sulfide) groups is 4. The highest BCUT2D eigenvalue weighted by atomic mass is 32.2. The van der Waals surface area contributed by atoms with Crippen LogP contribution in [0.5, 0.6) is 0 Å². The summed E-state index contributed by atoms with van der Waals surface area (Å²) in [6.45, 7) is 18.7. The van der Waals surface area contributed by atoms with Crippen LogP contribution in [0.3, 0.4) is 0 Å². The van der Waals surface area contributed by atoms with Gasteiger partial charge in [-0.2, -0.15) is 37.9 Å². The number of nitrogens with one attached hydrogen (secondary N) is 8. The Morgan fingerprint density at radius 1 is 0.554 bits per heavy atom.